The SMILES string of the molecule is CC(C)(C)OC(=O)Nc1cccc(C(=O)OCC(=O)N2CCc3ccccc32)c1. The monoisotopic (exact) mass is 396 g/mol. The van der Waals surface area contributed by atoms with Crippen LogP contribution in [0.25, 0.3) is 0 Å². The maximum Gasteiger partial charge on any atom is 0.412 e. The molecule has 0 radical (unpaired) electrons. The number of amides is 2. The van der Waals surface area contributed by atoms with Crippen LogP contribution in [0.2, 0.25) is 0 Å². The minimum absolute atomic E-state index is 0.230. The molecule has 2 amide bonds. The molecule has 0 aromatic heterocycles. The highest BCUT2D eigenvalue weighted by Crippen LogP contribution is 2.27. The zero-order chi connectivity index (χ0) is 21.0. The third kappa shape index (κ3) is 5.34. The van der Waals surface area contributed by atoms with Gasteiger partial charge >= 0.3 is 12.1 Å². The first-order valence-electron chi connectivity index (χ1n) is 9.38. The number of anilines is 2. The van der Waals surface area contributed by atoms with Gasteiger partial charge in [0.2, 0.25) is 0 Å². The smallest absolute Gasteiger partial charge is 0.412 e. The maximum absolute atomic E-state index is 12.5. The second-order valence-corrected chi connectivity index (χ2v) is 7.71. The third-order valence-corrected chi connectivity index (χ3v) is 4.26. The third-order valence-electron chi connectivity index (χ3n) is 4.26. The van der Waals surface area contributed by atoms with Gasteiger partial charge in [-0.1, -0.05) is 24.3 Å². The van der Waals surface area contributed by atoms with E-state index in [9.17, 15) is 14.4 Å². The molecule has 1 aliphatic rings. The molecular formula is C22H24N2O5. The van der Waals surface area contributed by atoms with Crippen molar-refractivity contribution in [1.82, 2.24) is 0 Å². The van der Waals surface area contributed by atoms with Gasteiger partial charge in [0, 0.05) is 17.9 Å². The van der Waals surface area contributed by atoms with Gasteiger partial charge in [-0.15, -0.1) is 0 Å². The average molecular weight is 396 g/mol. The maximum atomic E-state index is 12.5. The Morgan fingerprint density at radius 1 is 1.07 bits per heavy atom. The van der Waals surface area contributed by atoms with E-state index in [0.717, 1.165) is 17.7 Å². The number of nitrogens with zero attached hydrogens (tertiary/aromatic N) is 1. The lowest BCUT2D eigenvalue weighted by molar-refractivity contribution is -0.121. The number of fused-ring (bicyclic) bond motifs is 1. The second kappa shape index (κ2) is 8.34. The number of esters is 1. The largest absolute Gasteiger partial charge is 0.452 e. The second-order valence-electron chi connectivity index (χ2n) is 7.71. The van der Waals surface area contributed by atoms with Crippen LogP contribution < -0.4 is 10.2 Å². The van der Waals surface area contributed by atoms with E-state index in [2.05, 4.69) is 5.32 Å². The van der Waals surface area contributed by atoms with E-state index in [1.807, 2.05) is 24.3 Å². The molecule has 1 aliphatic heterocycles. The van der Waals surface area contributed by atoms with Gasteiger partial charge in [0.25, 0.3) is 5.91 Å². The Morgan fingerprint density at radius 3 is 2.59 bits per heavy atom. The molecule has 0 aliphatic carbocycles. The summed E-state index contributed by atoms with van der Waals surface area (Å²) in [4.78, 5) is 38.3. The minimum atomic E-state index is -0.640. The number of nitrogens with one attached hydrogen (secondary N) is 1. The topological polar surface area (TPSA) is 84.9 Å². The highest BCUT2D eigenvalue weighted by molar-refractivity contribution is 5.99. The molecular weight excluding hydrogens is 372 g/mol. The van der Waals surface area contributed by atoms with Gasteiger partial charge in [-0.3, -0.25) is 10.1 Å². The van der Waals surface area contributed by atoms with E-state index in [0.29, 0.717) is 12.2 Å². The van der Waals surface area contributed by atoms with Crippen molar-refractivity contribution in [3.8, 4) is 0 Å². The molecule has 1 heterocycles. The number of benzene rings is 2. The zero-order valence-electron chi connectivity index (χ0n) is 16.7. The Balaban J connectivity index is 1.57. The normalized spacial score (nSPS) is 12.9. The number of hydrogen-bond donors (Lipinski definition) is 1. The van der Waals surface area contributed by atoms with Gasteiger partial charge in [-0.25, -0.2) is 9.59 Å². The lowest BCUT2D eigenvalue weighted by Crippen LogP contribution is -2.33. The van der Waals surface area contributed by atoms with Crippen molar-refractivity contribution in [2.45, 2.75) is 32.8 Å². The first-order valence-corrected chi connectivity index (χ1v) is 9.38. The number of hydrogen-bond acceptors (Lipinski definition) is 5. The number of carbonyl (C=O) groups excluding carboxylic acids is 3. The van der Waals surface area contributed by atoms with Crippen LogP contribution in [0.1, 0.15) is 36.7 Å². The molecule has 2 aromatic rings. The molecule has 7 heteroatoms. The predicted molar refractivity (Wildman–Crippen MR) is 109 cm³/mol. The van der Waals surface area contributed by atoms with Crippen molar-refractivity contribution in [1.29, 1.82) is 0 Å². The van der Waals surface area contributed by atoms with E-state index in [1.165, 1.54) is 6.07 Å². The van der Waals surface area contributed by atoms with Gasteiger partial charge in [-0.2, -0.15) is 0 Å². The molecule has 0 atom stereocenters. The van der Waals surface area contributed by atoms with Crippen LogP contribution >= 0.6 is 0 Å². The molecule has 0 saturated heterocycles. The van der Waals surface area contributed by atoms with E-state index >= 15 is 0 Å². The Kier molecular flexibility index (Phi) is 5.87. The highest BCUT2D eigenvalue weighted by Gasteiger charge is 2.25. The molecule has 1 N–H and O–H groups in total. The number of para-hydroxylation sites is 1. The summed E-state index contributed by atoms with van der Waals surface area (Å²) in [6.45, 7) is 5.50. The summed E-state index contributed by atoms with van der Waals surface area (Å²) in [5, 5.41) is 2.57. The highest BCUT2D eigenvalue weighted by atomic mass is 16.6. The minimum Gasteiger partial charge on any atom is -0.452 e. The van der Waals surface area contributed by atoms with Crippen LogP contribution in [-0.2, 0) is 20.7 Å². The summed E-state index contributed by atoms with van der Waals surface area (Å²) in [6.07, 6.45) is 0.166. The van der Waals surface area contributed by atoms with E-state index in [1.54, 1.807) is 43.9 Å². The van der Waals surface area contributed by atoms with Crippen LogP contribution in [-0.4, -0.2) is 36.7 Å². The van der Waals surface area contributed by atoms with Crippen LogP contribution in [0.15, 0.2) is 48.5 Å². The average Bonchev–Trinajstić information content (AvgIpc) is 3.08. The molecule has 0 saturated carbocycles. The Bertz CT molecular complexity index is 933. The summed E-state index contributed by atoms with van der Waals surface area (Å²) in [5.74, 6) is -0.912. The number of carbonyl (C=O) groups is 3. The fourth-order valence-electron chi connectivity index (χ4n) is 3.03. The van der Waals surface area contributed by atoms with Gasteiger partial charge < -0.3 is 14.4 Å². The molecule has 29 heavy (non-hydrogen) atoms. The molecule has 2 aromatic carbocycles. The van der Waals surface area contributed by atoms with Gasteiger partial charge in [-0.05, 0) is 57.0 Å². The summed E-state index contributed by atoms with van der Waals surface area (Å²) >= 11 is 0. The first-order chi connectivity index (χ1) is 13.7. The Hall–Kier alpha value is -3.35. The van der Waals surface area contributed by atoms with Crippen LogP contribution in [0.4, 0.5) is 16.2 Å². The Morgan fingerprint density at radius 2 is 1.83 bits per heavy atom. The van der Waals surface area contributed by atoms with Crippen molar-refractivity contribution >= 4 is 29.3 Å². The lowest BCUT2D eigenvalue weighted by Gasteiger charge is -2.19. The van der Waals surface area contributed by atoms with E-state index in [4.69, 9.17) is 9.47 Å². The first kappa shape index (κ1) is 20.4. The summed E-state index contributed by atoms with van der Waals surface area (Å²) in [6, 6.07) is 13.9. The van der Waals surface area contributed by atoms with Gasteiger partial charge in [0.15, 0.2) is 6.61 Å². The predicted octanol–water partition coefficient (Wildman–Crippen LogP) is 3.78. The summed E-state index contributed by atoms with van der Waals surface area (Å²) < 4.78 is 10.4. The van der Waals surface area contributed by atoms with Crippen molar-refractivity contribution in [2.75, 3.05) is 23.4 Å². The molecule has 0 unspecified atom stereocenters. The van der Waals surface area contributed by atoms with Gasteiger partial charge in [0.05, 0.1) is 5.56 Å². The van der Waals surface area contributed by atoms with Crippen LogP contribution in [0.5, 0.6) is 0 Å². The standard InChI is InChI=1S/C22H24N2O5/c1-22(2,3)29-21(27)23-17-9-6-8-16(13-17)20(26)28-14-19(25)24-12-11-15-7-4-5-10-18(15)24/h4-10,13H,11-12,14H2,1-3H3,(H,23,27). The molecule has 7 nitrogen and oxygen atoms in total. The van der Waals surface area contributed by atoms with E-state index in [-0.39, 0.29) is 18.1 Å². The van der Waals surface area contributed by atoms with Crippen molar-refractivity contribution in [3.63, 3.8) is 0 Å². The lowest BCUT2D eigenvalue weighted by atomic mass is 10.2. The van der Waals surface area contributed by atoms with Crippen molar-refractivity contribution in [3.05, 3.63) is 59.7 Å². The zero-order valence-corrected chi connectivity index (χ0v) is 16.7. The molecule has 0 spiro atoms. The number of ether oxygens (including phenoxy) is 2. The Labute approximate surface area is 169 Å². The van der Waals surface area contributed by atoms with Crippen LogP contribution in [0, 0.1) is 0 Å². The van der Waals surface area contributed by atoms with Crippen molar-refractivity contribution in [2.24, 2.45) is 0 Å². The molecule has 3 rings (SSSR count). The molecule has 0 bridgehead atoms. The fourth-order valence-corrected chi connectivity index (χ4v) is 3.03. The quantitative estimate of drug-likeness (QED) is 0.795. The summed E-state index contributed by atoms with van der Waals surface area (Å²) in [7, 11) is 0. The number of rotatable bonds is 4. The van der Waals surface area contributed by atoms with Crippen LogP contribution in [0.3, 0.4) is 0 Å². The molecule has 152 valence electrons. The van der Waals surface area contributed by atoms with Gasteiger partial charge in [0.1, 0.15) is 5.60 Å². The fraction of sp³-hybridized carbons (Fsp3) is 0.318. The van der Waals surface area contributed by atoms with E-state index < -0.39 is 17.7 Å². The molecule has 0 fully saturated rings. The summed E-state index contributed by atoms with van der Waals surface area (Å²) in [5.41, 5.74) is 1.96. The van der Waals surface area contributed by atoms with Crippen molar-refractivity contribution < 1.29 is 23.9 Å².